The molecule has 2 heterocycles. The van der Waals surface area contributed by atoms with E-state index in [1.54, 1.807) is 36.4 Å². The van der Waals surface area contributed by atoms with Gasteiger partial charge in [0, 0.05) is 11.3 Å². The first-order valence-electron chi connectivity index (χ1n) is 10.4. The van der Waals surface area contributed by atoms with Crippen molar-refractivity contribution >= 4 is 46.5 Å². The van der Waals surface area contributed by atoms with E-state index in [1.807, 2.05) is 18.2 Å². The molecule has 0 spiro atoms. The van der Waals surface area contributed by atoms with E-state index in [9.17, 15) is 19.2 Å². The molecule has 1 aromatic heterocycles. The highest BCUT2D eigenvalue weighted by Crippen LogP contribution is 2.35. The quantitative estimate of drug-likeness (QED) is 0.365. The van der Waals surface area contributed by atoms with E-state index in [-0.39, 0.29) is 35.5 Å². The van der Waals surface area contributed by atoms with Crippen LogP contribution in [-0.4, -0.2) is 41.6 Å². The van der Waals surface area contributed by atoms with Gasteiger partial charge in [0.1, 0.15) is 11.5 Å². The van der Waals surface area contributed by atoms with E-state index >= 15 is 0 Å². The predicted octanol–water partition coefficient (Wildman–Crippen LogP) is 4.32. The van der Waals surface area contributed by atoms with Gasteiger partial charge in [0.25, 0.3) is 17.1 Å². The molecule has 35 heavy (non-hydrogen) atoms. The summed E-state index contributed by atoms with van der Waals surface area (Å²) in [7, 11) is 1.23. The number of furan rings is 1. The summed E-state index contributed by atoms with van der Waals surface area (Å²) in [4.78, 5) is 50.3. The summed E-state index contributed by atoms with van der Waals surface area (Å²) in [6.45, 7) is -0.362. The molecule has 0 bridgehead atoms. The molecule has 9 nitrogen and oxygen atoms in total. The molecule has 3 amide bonds. The first kappa shape index (κ1) is 23.8. The van der Waals surface area contributed by atoms with Crippen molar-refractivity contribution < 1.29 is 33.1 Å². The van der Waals surface area contributed by atoms with Gasteiger partial charge >= 0.3 is 5.97 Å². The monoisotopic (exact) mass is 492 g/mol. The van der Waals surface area contributed by atoms with E-state index in [2.05, 4.69) is 10.1 Å². The van der Waals surface area contributed by atoms with E-state index in [0.717, 1.165) is 16.7 Å². The number of esters is 1. The summed E-state index contributed by atoms with van der Waals surface area (Å²) in [5.41, 5.74) is 1.19. The van der Waals surface area contributed by atoms with Crippen LogP contribution in [0.1, 0.15) is 21.9 Å². The number of ether oxygens (including phenoxy) is 2. The molecule has 0 atom stereocenters. The number of nitrogens with zero attached hydrogens (tertiary/aromatic N) is 1. The molecule has 1 saturated heterocycles. The van der Waals surface area contributed by atoms with Crippen LogP contribution >= 0.6 is 11.8 Å². The van der Waals surface area contributed by atoms with Crippen molar-refractivity contribution in [1.29, 1.82) is 0 Å². The summed E-state index contributed by atoms with van der Waals surface area (Å²) >= 11 is 0.779. The fraction of sp³-hybridized carbons (Fsp3) is 0.120. The third kappa shape index (κ3) is 5.79. The number of hydrogen-bond acceptors (Lipinski definition) is 8. The summed E-state index contributed by atoms with van der Waals surface area (Å²) in [5.74, 6) is -0.867. The zero-order valence-electron chi connectivity index (χ0n) is 18.6. The van der Waals surface area contributed by atoms with Gasteiger partial charge in [0.2, 0.25) is 5.76 Å². The lowest BCUT2D eigenvalue weighted by atomic mass is 10.2. The summed E-state index contributed by atoms with van der Waals surface area (Å²) in [5, 5.41) is 2.26. The van der Waals surface area contributed by atoms with Crippen molar-refractivity contribution in [3.8, 4) is 5.75 Å². The number of imide groups is 1. The van der Waals surface area contributed by atoms with Crippen LogP contribution in [0.3, 0.4) is 0 Å². The standard InChI is InChI=1S/C25H20N2O7S/c1-32-24(30)20-12-11-18(34-20)14-27-23(29)21(35-25(27)31)13-16-7-5-6-10-19(16)33-15-22(28)26-17-8-3-2-4-9-17/h2-13H,14-15H2,1H3,(H,26,28). The largest absolute Gasteiger partial charge is 0.483 e. The Bertz CT molecular complexity index is 1300. The predicted molar refractivity (Wildman–Crippen MR) is 129 cm³/mol. The molecule has 4 rings (SSSR count). The summed E-state index contributed by atoms with van der Waals surface area (Å²) in [6, 6.07) is 18.8. The lowest BCUT2D eigenvalue weighted by Crippen LogP contribution is -2.27. The highest BCUT2D eigenvalue weighted by atomic mass is 32.2. The number of hydrogen-bond donors (Lipinski definition) is 1. The smallest absolute Gasteiger partial charge is 0.373 e. The maximum atomic E-state index is 12.9. The lowest BCUT2D eigenvalue weighted by Gasteiger charge is -2.11. The van der Waals surface area contributed by atoms with Crippen LogP contribution in [0.15, 0.2) is 76.1 Å². The zero-order valence-corrected chi connectivity index (χ0v) is 19.4. The first-order chi connectivity index (χ1) is 16.9. The van der Waals surface area contributed by atoms with Gasteiger partial charge in [-0.25, -0.2) is 4.79 Å². The van der Waals surface area contributed by atoms with Crippen molar-refractivity contribution in [2.45, 2.75) is 6.54 Å². The van der Waals surface area contributed by atoms with E-state index in [1.165, 1.54) is 25.3 Å². The Balaban J connectivity index is 1.43. The SMILES string of the molecule is COC(=O)c1ccc(CN2C(=O)SC(=Cc3ccccc3OCC(=O)Nc3ccccc3)C2=O)o1. The average Bonchev–Trinajstić information content (AvgIpc) is 3.44. The Hall–Kier alpha value is -4.31. The molecular formula is C25H20N2O7S. The van der Waals surface area contributed by atoms with Crippen molar-refractivity contribution in [3.05, 3.63) is 88.7 Å². The topological polar surface area (TPSA) is 115 Å². The molecule has 0 aliphatic carbocycles. The van der Waals surface area contributed by atoms with Crippen LogP contribution in [0.25, 0.3) is 6.08 Å². The molecule has 0 saturated carbocycles. The van der Waals surface area contributed by atoms with Gasteiger partial charge in [-0.1, -0.05) is 36.4 Å². The van der Waals surface area contributed by atoms with Crippen LogP contribution in [0.5, 0.6) is 5.75 Å². The maximum absolute atomic E-state index is 12.9. The number of anilines is 1. The Morgan fingerprint density at radius 2 is 1.77 bits per heavy atom. The normalized spacial score (nSPS) is 14.3. The van der Waals surface area contributed by atoms with Crippen LogP contribution in [0.4, 0.5) is 10.5 Å². The van der Waals surface area contributed by atoms with Gasteiger partial charge < -0.3 is 19.2 Å². The highest BCUT2D eigenvalue weighted by molar-refractivity contribution is 8.18. The molecule has 1 aliphatic heterocycles. The highest BCUT2D eigenvalue weighted by Gasteiger charge is 2.36. The van der Waals surface area contributed by atoms with Crippen molar-refractivity contribution in [2.24, 2.45) is 0 Å². The number of carbonyl (C=O) groups is 4. The fourth-order valence-electron chi connectivity index (χ4n) is 3.20. The minimum Gasteiger partial charge on any atom is -0.483 e. The number of benzene rings is 2. The van der Waals surface area contributed by atoms with Gasteiger partial charge in [-0.2, -0.15) is 0 Å². The molecule has 1 aliphatic rings. The molecule has 10 heteroatoms. The lowest BCUT2D eigenvalue weighted by molar-refractivity contribution is -0.123. The Kier molecular flexibility index (Phi) is 7.32. The third-order valence-corrected chi connectivity index (χ3v) is 5.77. The second-order valence-electron chi connectivity index (χ2n) is 7.27. The Morgan fingerprint density at radius 1 is 1.03 bits per heavy atom. The van der Waals surface area contributed by atoms with Crippen LogP contribution in [0.2, 0.25) is 0 Å². The van der Waals surface area contributed by atoms with Gasteiger partial charge in [-0.3, -0.25) is 19.3 Å². The average molecular weight is 493 g/mol. The number of amides is 3. The zero-order chi connectivity index (χ0) is 24.8. The summed E-state index contributed by atoms with van der Waals surface area (Å²) < 4.78 is 15.6. The molecule has 2 aromatic carbocycles. The molecule has 178 valence electrons. The maximum Gasteiger partial charge on any atom is 0.373 e. The second kappa shape index (κ2) is 10.7. The van der Waals surface area contributed by atoms with Gasteiger partial charge in [0.05, 0.1) is 18.6 Å². The van der Waals surface area contributed by atoms with E-state index in [4.69, 9.17) is 9.15 Å². The van der Waals surface area contributed by atoms with Gasteiger partial charge in [0.15, 0.2) is 6.61 Å². The number of carbonyl (C=O) groups excluding carboxylic acids is 4. The Morgan fingerprint density at radius 3 is 2.54 bits per heavy atom. The van der Waals surface area contributed by atoms with Crippen molar-refractivity contribution in [2.75, 3.05) is 19.0 Å². The molecular weight excluding hydrogens is 472 g/mol. The fourth-order valence-corrected chi connectivity index (χ4v) is 4.03. The number of para-hydroxylation sites is 2. The number of rotatable bonds is 8. The van der Waals surface area contributed by atoms with Gasteiger partial charge in [-0.15, -0.1) is 0 Å². The van der Waals surface area contributed by atoms with Crippen LogP contribution in [-0.2, 0) is 20.9 Å². The molecule has 1 N–H and O–H groups in total. The van der Waals surface area contributed by atoms with Crippen LogP contribution < -0.4 is 10.1 Å². The van der Waals surface area contributed by atoms with Crippen LogP contribution in [0, 0.1) is 0 Å². The second-order valence-corrected chi connectivity index (χ2v) is 8.26. The minimum absolute atomic E-state index is 0.0209. The molecule has 0 radical (unpaired) electrons. The van der Waals surface area contributed by atoms with Crippen molar-refractivity contribution in [1.82, 2.24) is 4.90 Å². The molecule has 3 aromatic rings. The van der Waals surface area contributed by atoms with E-state index < -0.39 is 17.1 Å². The minimum atomic E-state index is -0.653. The molecule has 0 unspecified atom stereocenters. The Labute approximate surface area is 204 Å². The first-order valence-corrected chi connectivity index (χ1v) is 11.3. The number of methoxy groups -OCH3 is 1. The van der Waals surface area contributed by atoms with E-state index in [0.29, 0.717) is 17.0 Å². The summed E-state index contributed by atoms with van der Waals surface area (Å²) in [6.07, 6.45) is 1.54. The van der Waals surface area contributed by atoms with Crippen molar-refractivity contribution in [3.63, 3.8) is 0 Å². The number of nitrogens with one attached hydrogen (secondary N) is 1. The number of thioether (sulfide) groups is 1. The van der Waals surface area contributed by atoms with Gasteiger partial charge in [-0.05, 0) is 48.2 Å². The third-order valence-electron chi connectivity index (χ3n) is 4.86. The molecule has 1 fully saturated rings.